The van der Waals surface area contributed by atoms with E-state index < -0.39 is 5.97 Å². The van der Waals surface area contributed by atoms with Crippen LogP contribution < -0.4 is 10.6 Å². The molecule has 0 saturated carbocycles. The van der Waals surface area contributed by atoms with Gasteiger partial charge < -0.3 is 15.7 Å². The summed E-state index contributed by atoms with van der Waals surface area (Å²) in [5.74, 6) is -1.31. The normalized spacial score (nSPS) is 10.0. The SMILES string of the molecule is CNC(=O)c1cc(Nc2ccc(Br)c(C(=O)O)c2)ccn1. The highest BCUT2D eigenvalue weighted by Crippen LogP contribution is 2.24. The lowest BCUT2D eigenvalue weighted by Gasteiger charge is -2.09. The summed E-state index contributed by atoms with van der Waals surface area (Å²) in [5.41, 5.74) is 1.67. The third kappa shape index (κ3) is 3.57. The molecule has 3 N–H and O–H groups in total. The van der Waals surface area contributed by atoms with Gasteiger partial charge in [-0.1, -0.05) is 0 Å². The van der Waals surface area contributed by atoms with Gasteiger partial charge >= 0.3 is 5.97 Å². The summed E-state index contributed by atoms with van der Waals surface area (Å²) in [6, 6.07) is 8.16. The zero-order valence-electron chi connectivity index (χ0n) is 11.1. The molecular formula is C14H12BrN3O3. The number of carbonyl (C=O) groups is 2. The average molecular weight is 350 g/mol. The van der Waals surface area contributed by atoms with Gasteiger partial charge in [0.1, 0.15) is 5.69 Å². The number of anilines is 2. The van der Waals surface area contributed by atoms with Gasteiger partial charge in [-0.15, -0.1) is 0 Å². The number of aromatic carboxylic acids is 1. The van der Waals surface area contributed by atoms with Crippen molar-refractivity contribution in [2.45, 2.75) is 0 Å². The number of hydrogen-bond acceptors (Lipinski definition) is 4. The fourth-order valence-corrected chi connectivity index (χ4v) is 2.11. The van der Waals surface area contributed by atoms with Gasteiger partial charge in [0.25, 0.3) is 5.91 Å². The van der Waals surface area contributed by atoms with Crippen molar-refractivity contribution in [3.63, 3.8) is 0 Å². The highest BCUT2D eigenvalue weighted by atomic mass is 79.9. The Morgan fingerprint density at radius 1 is 1.19 bits per heavy atom. The molecule has 0 radical (unpaired) electrons. The van der Waals surface area contributed by atoms with E-state index in [9.17, 15) is 9.59 Å². The average Bonchev–Trinajstić information content (AvgIpc) is 2.48. The third-order valence-electron chi connectivity index (χ3n) is 2.71. The Morgan fingerprint density at radius 2 is 1.90 bits per heavy atom. The van der Waals surface area contributed by atoms with Crippen molar-refractivity contribution >= 4 is 39.2 Å². The molecule has 2 aromatic rings. The predicted octanol–water partition coefficient (Wildman–Crippen LogP) is 2.65. The first kappa shape index (κ1) is 15.0. The van der Waals surface area contributed by atoms with E-state index in [1.54, 1.807) is 24.3 Å². The number of nitrogens with one attached hydrogen (secondary N) is 2. The molecular weight excluding hydrogens is 338 g/mol. The molecule has 0 aliphatic carbocycles. The maximum absolute atomic E-state index is 11.5. The number of rotatable bonds is 4. The number of benzene rings is 1. The van der Waals surface area contributed by atoms with Crippen LogP contribution in [0.15, 0.2) is 41.0 Å². The quantitative estimate of drug-likeness (QED) is 0.789. The third-order valence-corrected chi connectivity index (χ3v) is 3.40. The molecule has 0 aliphatic rings. The van der Waals surface area contributed by atoms with Gasteiger partial charge in [0.2, 0.25) is 0 Å². The van der Waals surface area contributed by atoms with Crippen LogP contribution in [-0.4, -0.2) is 29.0 Å². The highest BCUT2D eigenvalue weighted by Gasteiger charge is 2.10. The lowest BCUT2D eigenvalue weighted by Crippen LogP contribution is -2.19. The molecule has 0 bridgehead atoms. The number of carboxylic acid groups (broad SMARTS) is 1. The van der Waals surface area contributed by atoms with Gasteiger partial charge in [-0.2, -0.15) is 0 Å². The molecule has 0 aliphatic heterocycles. The highest BCUT2D eigenvalue weighted by molar-refractivity contribution is 9.10. The van der Waals surface area contributed by atoms with E-state index in [0.29, 0.717) is 15.8 Å². The smallest absolute Gasteiger partial charge is 0.336 e. The zero-order valence-corrected chi connectivity index (χ0v) is 12.6. The Labute approximate surface area is 129 Å². The molecule has 0 atom stereocenters. The van der Waals surface area contributed by atoms with Crippen LogP contribution in [-0.2, 0) is 0 Å². The first-order chi connectivity index (χ1) is 10.0. The van der Waals surface area contributed by atoms with Gasteiger partial charge in [-0.05, 0) is 46.3 Å². The van der Waals surface area contributed by atoms with Crippen molar-refractivity contribution in [1.29, 1.82) is 0 Å². The van der Waals surface area contributed by atoms with Gasteiger partial charge in [0, 0.05) is 29.1 Å². The number of nitrogens with zero attached hydrogens (tertiary/aromatic N) is 1. The van der Waals surface area contributed by atoms with E-state index in [1.165, 1.54) is 19.3 Å². The van der Waals surface area contributed by atoms with Crippen molar-refractivity contribution in [2.24, 2.45) is 0 Å². The number of amides is 1. The summed E-state index contributed by atoms with van der Waals surface area (Å²) >= 11 is 3.18. The summed E-state index contributed by atoms with van der Waals surface area (Å²) in [4.78, 5) is 26.6. The van der Waals surface area contributed by atoms with Gasteiger partial charge in [-0.3, -0.25) is 9.78 Å². The second-order valence-corrected chi connectivity index (χ2v) is 4.99. The molecule has 1 aromatic carbocycles. The molecule has 0 saturated heterocycles. The van der Waals surface area contributed by atoms with Crippen molar-refractivity contribution < 1.29 is 14.7 Å². The Kier molecular flexibility index (Phi) is 4.54. The molecule has 21 heavy (non-hydrogen) atoms. The molecule has 6 nitrogen and oxygen atoms in total. The van der Waals surface area contributed by atoms with Crippen molar-refractivity contribution in [3.8, 4) is 0 Å². The van der Waals surface area contributed by atoms with Gasteiger partial charge in [0.05, 0.1) is 5.56 Å². The second-order valence-electron chi connectivity index (χ2n) is 4.13. The first-order valence-electron chi connectivity index (χ1n) is 5.99. The molecule has 108 valence electrons. The fraction of sp³-hybridized carbons (Fsp3) is 0.0714. The van der Waals surface area contributed by atoms with Crippen LogP contribution in [0.1, 0.15) is 20.8 Å². The van der Waals surface area contributed by atoms with Crippen LogP contribution in [0.5, 0.6) is 0 Å². The number of pyridine rings is 1. The van der Waals surface area contributed by atoms with Crippen LogP contribution in [0.25, 0.3) is 0 Å². The number of aromatic nitrogens is 1. The van der Waals surface area contributed by atoms with Crippen molar-refractivity contribution in [1.82, 2.24) is 10.3 Å². The number of carbonyl (C=O) groups excluding carboxylic acids is 1. The van der Waals surface area contributed by atoms with Crippen LogP contribution in [0.4, 0.5) is 11.4 Å². The first-order valence-corrected chi connectivity index (χ1v) is 6.78. The van der Waals surface area contributed by atoms with Crippen LogP contribution in [0.3, 0.4) is 0 Å². The minimum Gasteiger partial charge on any atom is -0.478 e. The van der Waals surface area contributed by atoms with E-state index in [2.05, 4.69) is 31.5 Å². The molecule has 2 rings (SSSR count). The summed E-state index contributed by atoms with van der Waals surface area (Å²) < 4.78 is 0.501. The minimum atomic E-state index is -1.02. The molecule has 0 spiro atoms. The molecule has 1 amide bonds. The zero-order chi connectivity index (χ0) is 15.4. The molecule has 7 heteroatoms. The standard InChI is InChI=1S/C14H12BrN3O3/c1-16-13(19)12-7-9(4-5-17-12)18-8-2-3-11(15)10(6-8)14(20)21/h2-7H,1H3,(H,16,19)(H,17,18)(H,20,21). The lowest BCUT2D eigenvalue weighted by atomic mass is 10.2. The Balaban J connectivity index is 2.28. The van der Waals surface area contributed by atoms with E-state index >= 15 is 0 Å². The largest absolute Gasteiger partial charge is 0.478 e. The number of carboxylic acids is 1. The Morgan fingerprint density at radius 3 is 2.57 bits per heavy atom. The fourth-order valence-electron chi connectivity index (χ4n) is 1.69. The van der Waals surface area contributed by atoms with Gasteiger partial charge in [-0.25, -0.2) is 4.79 Å². The predicted molar refractivity (Wildman–Crippen MR) is 82.0 cm³/mol. The summed E-state index contributed by atoms with van der Waals surface area (Å²) in [6.07, 6.45) is 1.50. The van der Waals surface area contributed by atoms with E-state index in [1.807, 2.05) is 0 Å². The van der Waals surface area contributed by atoms with Crippen LogP contribution in [0, 0.1) is 0 Å². The Hall–Kier alpha value is -2.41. The number of hydrogen-bond donors (Lipinski definition) is 3. The van der Waals surface area contributed by atoms with Crippen molar-refractivity contribution in [2.75, 3.05) is 12.4 Å². The Bertz CT molecular complexity index is 704. The van der Waals surface area contributed by atoms with Crippen LogP contribution in [0.2, 0.25) is 0 Å². The van der Waals surface area contributed by atoms with Gasteiger partial charge in [0.15, 0.2) is 0 Å². The van der Waals surface area contributed by atoms with E-state index in [0.717, 1.165) is 0 Å². The van der Waals surface area contributed by atoms with E-state index in [4.69, 9.17) is 5.11 Å². The second kappa shape index (κ2) is 6.36. The molecule has 1 aromatic heterocycles. The summed E-state index contributed by atoms with van der Waals surface area (Å²) in [6.45, 7) is 0. The van der Waals surface area contributed by atoms with Crippen molar-refractivity contribution in [3.05, 3.63) is 52.3 Å². The minimum absolute atomic E-state index is 0.153. The summed E-state index contributed by atoms with van der Waals surface area (Å²) in [7, 11) is 1.53. The number of halogens is 1. The summed E-state index contributed by atoms with van der Waals surface area (Å²) in [5, 5.41) is 14.6. The van der Waals surface area contributed by atoms with E-state index in [-0.39, 0.29) is 17.2 Å². The maximum atomic E-state index is 11.5. The molecule has 0 unspecified atom stereocenters. The lowest BCUT2D eigenvalue weighted by molar-refractivity contribution is 0.0695. The molecule has 1 heterocycles. The topological polar surface area (TPSA) is 91.3 Å². The maximum Gasteiger partial charge on any atom is 0.336 e. The molecule has 0 fully saturated rings. The van der Waals surface area contributed by atoms with Crippen LogP contribution >= 0.6 is 15.9 Å². The monoisotopic (exact) mass is 349 g/mol.